The SMILES string of the molecule is COCc1nc(Nc2ccc(C(C)(C)C#N)cc2)c2ccc(-c3ncccc3Cl)nc2n1. The van der Waals surface area contributed by atoms with Crippen molar-refractivity contribution in [3.63, 3.8) is 0 Å². The molecule has 0 radical (unpaired) electrons. The Hall–Kier alpha value is -3.60. The first-order valence-electron chi connectivity index (χ1n) is 9.97. The number of hydrogen-bond acceptors (Lipinski definition) is 7. The first kappa shape index (κ1) is 21.6. The predicted octanol–water partition coefficient (Wildman–Crippen LogP) is 5.43. The maximum atomic E-state index is 9.36. The van der Waals surface area contributed by atoms with E-state index in [1.54, 1.807) is 25.4 Å². The third-order valence-electron chi connectivity index (χ3n) is 5.03. The fourth-order valence-electron chi connectivity index (χ4n) is 3.22. The lowest BCUT2D eigenvalue weighted by Gasteiger charge is -2.16. The Morgan fingerprint density at radius 2 is 1.84 bits per heavy atom. The van der Waals surface area contributed by atoms with E-state index in [1.165, 1.54) is 0 Å². The summed E-state index contributed by atoms with van der Waals surface area (Å²) in [5.74, 6) is 1.11. The summed E-state index contributed by atoms with van der Waals surface area (Å²) in [5.41, 5.74) is 2.95. The summed E-state index contributed by atoms with van der Waals surface area (Å²) in [6, 6.07) is 17.3. The van der Waals surface area contributed by atoms with Gasteiger partial charge in [0.1, 0.15) is 18.1 Å². The number of nitriles is 1. The van der Waals surface area contributed by atoms with Gasteiger partial charge in [-0.15, -0.1) is 0 Å². The van der Waals surface area contributed by atoms with Gasteiger partial charge in [-0.25, -0.2) is 15.0 Å². The Morgan fingerprint density at radius 3 is 2.53 bits per heavy atom. The Kier molecular flexibility index (Phi) is 5.99. The summed E-state index contributed by atoms with van der Waals surface area (Å²) in [6.45, 7) is 4.03. The summed E-state index contributed by atoms with van der Waals surface area (Å²) in [5, 5.41) is 14.0. The normalized spacial score (nSPS) is 11.3. The quantitative estimate of drug-likeness (QED) is 0.423. The van der Waals surface area contributed by atoms with Crippen LogP contribution in [0.15, 0.2) is 54.7 Å². The van der Waals surface area contributed by atoms with Gasteiger partial charge in [0.25, 0.3) is 0 Å². The second-order valence-electron chi connectivity index (χ2n) is 7.76. The summed E-state index contributed by atoms with van der Waals surface area (Å²) in [4.78, 5) is 18.2. The van der Waals surface area contributed by atoms with Crippen LogP contribution in [0.3, 0.4) is 0 Å². The minimum atomic E-state index is -0.557. The number of fused-ring (bicyclic) bond motifs is 1. The summed E-state index contributed by atoms with van der Waals surface area (Å²) in [7, 11) is 1.59. The second-order valence-corrected chi connectivity index (χ2v) is 8.17. The lowest BCUT2D eigenvalue weighted by Crippen LogP contribution is -2.13. The molecule has 1 aromatic carbocycles. The highest BCUT2D eigenvalue weighted by atomic mass is 35.5. The van der Waals surface area contributed by atoms with Gasteiger partial charge in [0.15, 0.2) is 11.5 Å². The van der Waals surface area contributed by atoms with Crippen LogP contribution in [0.25, 0.3) is 22.4 Å². The Labute approximate surface area is 191 Å². The van der Waals surface area contributed by atoms with Gasteiger partial charge in [-0.1, -0.05) is 23.7 Å². The van der Waals surface area contributed by atoms with Gasteiger partial charge in [0, 0.05) is 19.0 Å². The van der Waals surface area contributed by atoms with Crippen molar-refractivity contribution in [1.82, 2.24) is 19.9 Å². The topological polar surface area (TPSA) is 96.6 Å². The van der Waals surface area contributed by atoms with Crippen LogP contribution in [0.2, 0.25) is 5.02 Å². The number of halogens is 1. The zero-order chi connectivity index (χ0) is 22.7. The first-order chi connectivity index (χ1) is 15.4. The van der Waals surface area contributed by atoms with Gasteiger partial charge in [-0.2, -0.15) is 5.26 Å². The van der Waals surface area contributed by atoms with E-state index in [1.807, 2.05) is 50.2 Å². The van der Waals surface area contributed by atoms with Crippen LogP contribution < -0.4 is 5.32 Å². The van der Waals surface area contributed by atoms with Crippen molar-refractivity contribution in [1.29, 1.82) is 5.26 Å². The van der Waals surface area contributed by atoms with E-state index in [0.29, 0.717) is 33.7 Å². The molecule has 160 valence electrons. The van der Waals surface area contributed by atoms with Crippen molar-refractivity contribution in [2.75, 3.05) is 12.4 Å². The molecular weight excluding hydrogens is 424 g/mol. The zero-order valence-electron chi connectivity index (χ0n) is 17.9. The third kappa shape index (κ3) is 4.37. The molecule has 3 heterocycles. The molecule has 0 fully saturated rings. The zero-order valence-corrected chi connectivity index (χ0v) is 18.7. The molecule has 0 saturated heterocycles. The minimum absolute atomic E-state index is 0.246. The fourth-order valence-corrected chi connectivity index (χ4v) is 3.44. The van der Waals surface area contributed by atoms with Crippen LogP contribution in [0, 0.1) is 11.3 Å². The van der Waals surface area contributed by atoms with Gasteiger partial charge in [0.2, 0.25) is 0 Å². The molecule has 8 heteroatoms. The van der Waals surface area contributed by atoms with Gasteiger partial charge < -0.3 is 10.1 Å². The largest absolute Gasteiger partial charge is 0.377 e. The molecule has 4 aromatic rings. The van der Waals surface area contributed by atoms with Gasteiger partial charge in [-0.05, 0) is 55.8 Å². The van der Waals surface area contributed by atoms with Crippen LogP contribution in [0.5, 0.6) is 0 Å². The lowest BCUT2D eigenvalue weighted by molar-refractivity contribution is 0.178. The Bertz CT molecular complexity index is 1310. The van der Waals surface area contributed by atoms with E-state index >= 15 is 0 Å². The summed E-state index contributed by atoms with van der Waals surface area (Å²) >= 11 is 6.30. The average molecular weight is 445 g/mol. The van der Waals surface area contributed by atoms with E-state index in [-0.39, 0.29) is 6.61 Å². The highest BCUT2D eigenvalue weighted by Crippen LogP contribution is 2.29. The molecule has 0 spiro atoms. The smallest absolute Gasteiger partial charge is 0.165 e. The van der Waals surface area contributed by atoms with Crippen LogP contribution in [0.1, 0.15) is 25.2 Å². The number of rotatable bonds is 6. The van der Waals surface area contributed by atoms with Crippen molar-refractivity contribution in [2.45, 2.75) is 25.9 Å². The molecule has 0 amide bonds. The summed E-state index contributed by atoms with van der Waals surface area (Å²) in [6.07, 6.45) is 1.67. The number of pyridine rings is 2. The molecule has 7 nitrogen and oxygen atoms in total. The van der Waals surface area contributed by atoms with Gasteiger partial charge in [-0.3, -0.25) is 4.98 Å². The predicted molar refractivity (Wildman–Crippen MR) is 125 cm³/mol. The number of aromatic nitrogens is 4. The fraction of sp³-hybridized carbons (Fsp3) is 0.208. The highest BCUT2D eigenvalue weighted by Gasteiger charge is 2.19. The standard InChI is InChI=1S/C24H21ClN6O/c1-24(2,14-26)15-6-8-16(9-7-15)28-22-17-10-11-19(21-18(25)5-4-12-27-21)29-23(17)31-20(30-22)13-32-3/h4-12H,13H2,1-3H3,(H,28,29,30,31). The van der Waals surface area contributed by atoms with E-state index in [9.17, 15) is 5.26 Å². The maximum Gasteiger partial charge on any atom is 0.165 e. The molecule has 32 heavy (non-hydrogen) atoms. The first-order valence-corrected chi connectivity index (χ1v) is 10.4. The molecule has 0 aliphatic heterocycles. The van der Waals surface area contributed by atoms with Crippen LogP contribution in [0.4, 0.5) is 11.5 Å². The average Bonchev–Trinajstić information content (AvgIpc) is 2.79. The van der Waals surface area contributed by atoms with E-state index in [0.717, 1.165) is 16.6 Å². The Balaban J connectivity index is 1.75. The lowest BCUT2D eigenvalue weighted by atomic mass is 9.86. The van der Waals surface area contributed by atoms with Crippen LogP contribution in [-0.4, -0.2) is 27.0 Å². The monoisotopic (exact) mass is 444 g/mol. The van der Waals surface area contributed by atoms with Crippen LogP contribution >= 0.6 is 11.6 Å². The molecule has 1 N–H and O–H groups in total. The molecular formula is C24H21ClN6O. The molecule has 0 atom stereocenters. The van der Waals surface area contributed by atoms with Gasteiger partial charge in [0.05, 0.1) is 27.6 Å². The number of methoxy groups -OCH3 is 1. The molecule has 0 aliphatic carbocycles. The van der Waals surface area contributed by atoms with Gasteiger partial charge >= 0.3 is 0 Å². The molecule has 0 saturated carbocycles. The molecule has 0 unspecified atom stereocenters. The molecule has 0 aliphatic rings. The van der Waals surface area contributed by atoms with Crippen LogP contribution in [-0.2, 0) is 16.8 Å². The molecule has 3 aromatic heterocycles. The number of nitrogens with zero attached hydrogens (tertiary/aromatic N) is 5. The summed E-state index contributed by atoms with van der Waals surface area (Å²) < 4.78 is 5.24. The van der Waals surface area contributed by atoms with E-state index in [4.69, 9.17) is 16.3 Å². The number of benzene rings is 1. The number of nitrogens with one attached hydrogen (secondary N) is 1. The molecule has 0 bridgehead atoms. The van der Waals surface area contributed by atoms with Crippen molar-refractivity contribution in [2.24, 2.45) is 0 Å². The van der Waals surface area contributed by atoms with Crippen molar-refractivity contribution in [3.05, 3.63) is 71.1 Å². The highest BCUT2D eigenvalue weighted by molar-refractivity contribution is 6.32. The van der Waals surface area contributed by atoms with Crippen molar-refractivity contribution in [3.8, 4) is 17.5 Å². The van der Waals surface area contributed by atoms with Crippen molar-refractivity contribution < 1.29 is 4.74 Å². The van der Waals surface area contributed by atoms with Crippen molar-refractivity contribution >= 4 is 34.1 Å². The number of ether oxygens (including phenoxy) is 1. The number of hydrogen-bond donors (Lipinski definition) is 1. The van der Waals surface area contributed by atoms with E-state index in [2.05, 4.69) is 31.3 Å². The minimum Gasteiger partial charge on any atom is -0.377 e. The number of anilines is 2. The third-order valence-corrected chi connectivity index (χ3v) is 5.33. The maximum absolute atomic E-state index is 9.36. The Morgan fingerprint density at radius 1 is 1.06 bits per heavy atom. The molecule has 4 rings (SSSR count). The second kappa shape index (κ2) is 8.87. The van der Waals surface area contributed by atoms with E-state index < -0.39 is 5.41 Å².